The van der Waals surface area contributed by atoms with E-state index in [2.05, 4.69) is 10.4 Å². The normalized spacial score (nSPS) is 23.5. The van der Waals surface area contributed by atoms with E-state index in [0.29, 0.717) is 26.0 Å². The van der Waals surface area contributed by atoms with Gasteiger partial charge in [-0.25, -0.2) is 13.4 Å². The van der Waals surface area contributed by atoms with Gasteiger partial charge in [0.2, 0.25) is 5.91 Å². The highest BCUT2D eigenvalue weighted by Gasteiger charge is 2.37. The Hall–Kier alpha value is -1.48. The molecule has 1 atom stereocenters. The number of nitrogens with one attached hydrogen (secondary N) is 1. The number of ether oxygens (including phenoxy) is 1. The summed E-state index contributed by atoms with van der Waals surface area (Å²) >= 11 is 0. The molecule has 2 rings (SSSR count). The monoisotopic (exact) mass is 359 g/mol. The second kappa shape index (κ2) is 8.06. The number of nitrogens with zero attached hydrogens (tertiary/aromatic N) is 2. The van der Waals surface area contributed by atoms with Crippen LogP contribution < -0.4 is 5.32 Å². The van der Waals surface area contributed by atoms with Crippen molar-refractivity contribution in [1.29, 1.82) is 0 Å². The van der Waals surface area contributed by atoms with Gasteiger partial charge in [0.15, 0.2) is 9.84 Å². The fourth-order valence-electron chi connectivity index (χ4n) is 2.68. The molecule has 0 spiro atoms. The standard InChI is InChI=1S/C15H25N3O5S/c1-11(2)23-8-3-7-16-15(20)13-4-5-14(19)18(17-13)12-6-9-24(21,22)10-12/h11-12H,3-10H2,1-2H3,(H,16,20)/t12-/m0/s1. The minimum Gasteiger partial charge on any atom is -0.379 e. The molecule has 0 unspecified atom stereocenters. The number of carbonyl (C=O) groups excluding carboxylic acids is 2. The van der Waals surface area contributed by atoms with Crippen LogP contribution >= 0.6 is 0 Å². The topological polar surface area (TPSA) is 105 Å². The SMILES string of the molecule is CC(C)OCCCNC(=O)C1=NN([C@H]2CCS(=O)(=O)C2)C(=O)CC1. The van der Waals surface area contributed by atoms with Crippen LogP contribution in [0.4, 0.5) is 0 Å². The Bertz CT molecular complexity index is 615. The molecule has 0 radical (unpaired) electrons. The molecule has 0 aromatic rings. The van der Waals surface area contributed by atoms with E-state index in [-0.39, 0.29) is 48.0 Å². The van der Waals surface area contributed by atoms with Crippen molar-refractivity contribution < 1.29 is 22.7 Å². The van der Waals surface area contributed by atoms with Gasteiger partial charge < -0.3 is 10.1 Å². The van der Waals surface area contributed by atoms with Crippen LogP contribution in [0.5, 0.6) is 0 Å². The maximum absolute atomic E-state index is 12.2. The van der Waals surface area contributed by atoms with Crippen LogP contribution in [0.2, 0.25) is 0 Å². The van der Waals surface area contributed by atoms with Crippen molar-refractivity contribution in [2.45, 2.75) is 51.7 Å². The zero-order valence-corrected chi connectivity index (χ0v) is 15.0. The van der Waals surface area contributed by atoms with E-state index in [9.17, 15) is 18.0 Å². The van der Waals surface area contributed by atoms with Gasteiger partial charge in [0, 0.05) is 26.0 Å². The first-order valence-electron chi connectivity index (χ1n) is 8.28. The van der Waals surface area contributed by atoms with Crippen LogP contribution in [0.15, 0.2) is 5.10 Å². The van der Waals surface area contributed by atoms with Gasteiger partial charge in [-0.05, 0) is 26.7 Å². The van der Waals surface area contributed by atoms with Crippen molar-refractivity contribution in [3.05, 3.63) is 0 Å². The summed E-state index contributed by atoms with van der Waals surface area (Å²) in [5.41, 5.74) is 0.281. The van der Waals surface area contributed by atoms with Crippen LogP contribution in [0.3, 0.4) is 0 Å². The molecular weight excluding hydrogens is 334 g/mol. The molecule has 0 aromatic carbocycles. The minimum absolute atomic E-state index is 0.0638. The van der Waals surface area contributed by atoms with E-state index in [1.165, 1.54) is 5.01 Å². The van der Waals surface area contributed by atoms with Gasteiger partial charge in [0.05, 0.1) is 23.7 Å². The number of hydrogen-bond acceptors (Lipinski definition) is 6. The van der Waals surface area contributed by atoms with Gasteiger partial charge in [0.25, 0.3) is 5.91 Å². The second-order valence-corrected chi connectivity index (χ2v) is 8.60. The van der Waals surface area contributed by atoms with E-state index < -0.39 is 15.9 Å². The summed E-state index contributed by atoms with van der Waals surface area (Å²) in [5, 5.41) is 8.09. The molecule has 0 saturated carbocycles. The maximum atomic E-state index is 12.2. The molecule has 1 fully saturated rings. The average Bonchev–Trinajstić information content (AvgIpc) is 2.86. The highest BCUT2D eigenvalue weighted by molar-refractivity contribution is 7.91. The summed E-state index contributed by atoms with van der Waals surface area (Å²) in [6, 6.07) is -0.454. The zero-order chi connectivity index (χ0) is 17.7. The van der Waals surface area contributed by atoms with Crippen LogP contribution in [-0.4, -0.2) is 67.8 Å². The van der Waals surface area contributed by atoms with Gasteiger partial charge in [-0.3, -0.25) is 9.59 Å². The summed E-state index contributed by atoms with van der Waals surface area (Å²) in [4.78, 5) is 24.1. The molecule has 0 aliphatic carbocycles. The molecule has 9 heteroatoms. The summed E-state index contributed by atoms with van der Waals surface area (Å²) < 4.78 is 28.6. The Labute approximate surface area is 142 Å². The van der Waals surface area contributed by atoms with Crippen LogP contribution in [0.25, 0.3) is 0 Å². The number of hydrazone groups is 1. The summed E-state index contributed by atoms with van der Waals surface area (Å²) in [5.74, 6) is -0.547. The molecule has 1 saturated heterocycles. The van der Waals surface area contributed by atoms with E-state index >= 15 is 0 Å². The lowest BCUT2D eigenvalue weighted by atomic mass is 10.1. The van der Waals surface area contributed by atoms with Crippen molar-refractivity contribution in [3.63, 3.8) is 0 Å². The number of amides is 2. The Morgan fingerprint density at radius 3 is 2.79 bits per heavy atom. The smallest absolute Gasteiger partial charge is 0.267 e. The summed E-state index contributed by atoms with van der Waals surface area (Å²) in [6.45, 7) is 4.93. The molecule has 0 aromatic heterocycles. The quantitative estimate of drug-likeness (QED) is 0.648. The fraction of sp³-hybridized carbons (Fsp3) is 0.800. The predicted octanol–water partition coefficient (Wildman–Crippen LogP) is 0.0832. The van der Waals surface area contributed by atoms with Crippen LogP contribution in [-0.2, 0) is 24.2 Å². The largest absolute Gasteiger partial charge is 0.379 e. The van der Waals surface area contributed by atoms with E-state index in [4.69, 9.17) is 4.74 Å². The Kier molecular flexibility index (Phi) is 6.34. The zero-order valence-electron chi connectivity index (χ0n) is 14.2. The summed E-state index contributed by atoms with van der Waals surface area (Å²) in [7, 11) is -3.11. The maximum Gasteiger partial charge on any atom is 0.267 e. The lowest BCUT2D eigenvalue weighted by Crippen LogP contribution is -2.44. The van der Waals surface area contributed by atoms with Gasteiger partial charge >= 0.3 is 0 Å². The van der Waals surface area contributed by atoms with Crippen molar-refractivity contribution >= 4 is 27.4 Å². The highest BCUT2D eigenvalue weighted by atomic mass is 32.2. The van der Waals surface area contributed by atoms with Crippen LogP contribution in [0, 0.1) is 0 Å². The van der Waals surface area contributed by atoms with E-state index in [1.54, 1.807) is 0 Å². The lowest BCUT2D eigenvalue weighted by Gasteiger charge is -2.27. The molecule has 2 amide bonds. The molecule has 2 heterocycles. The van der Waals surface area contributed by atoms with Crippen molar-refractivity contribution in [3.8, 4) is 0 Å². The van der Waals surface area contributed by atoms with Crippen molar-refractivity contribution in [1.82, 2.24) is 10.3 Å². The van der Waals surface area contributed by atoms with Gasteiger partial charge in [-0.1, -0.05) is 0 Å². The first-order valence-corrected chi connectivity index (χ1v) is 10.1. The molecule has 24 heavy (non-hydrogen) atoms. The lowest BCUT2D eigenvalue weighted by molar-refractivity contribution is -0.133. The highest BCUT2D eigenvalue weighted by Crippen LogP contribution is 2.22. The molecule has 136 valence electrons. The molecule has 2 aliphatic rings. The third kappa shape index (κ3) is 5.27. The van der Waals surface area contributed by atoms with Gasteiger partial charge in [0.1, 0.15) is 5.71 Å². The molecule has 0 bridgehead atoms. The Morgan fingerprint density at radius 2 is 2.17 bits per heavy atom. The molecule has 1 N–H and O–H groups in total. The first-order chi connectivity index (χ1) is 11.3. The molecular formula is C15H25N3O5S. The summed E-state index contributed by atoms with van der Waals surface area (Å²) in [6.07, 6.45) is 1.69. The third-order valence-electron chi connectivity index (χ3n) is 3.93. The average molecular weight is 359 g/mol. The van der Waals surface area contributed by atoms with Crippen LogP contribution in [0.1, 0.15) is 39.5 Å². The van der Waals surface area contributed by atoms with Gasteiger partial charge in [-0.15, -0.1) is 0 Å². The van der Waals surface area contributed by atoms with Crippen molar-refractivity contribution in [2.24, 2.45) is 5.10 Å². The fourth-order valence-corrected chi connectivity index (χ4v) is 4.38. The van der Waals surface area contributed by atoms with Crippen molar-refractivity contribution in [2.75, 3.05) is 24.7 Å². The third-order valence-corrected chi connectivity index (χ3v) is 5.68. The van der Waals surface area contributed by atoms with Gasteiger partial charge in [-0.2, -0.15) is 5.10 Å². The number of hydrogen-bond donors (Lipinski definition) is 1. The first kappa shape index (κ1) is 18.9. The Balaban J connectivity index is 1.88. The minimum atomic E-state index is -3.11. The second-order valence-electron chi connectivity index (χ2n) is 6.37. The number of carbonyl (C=O) groups is 2. The van der Waals surface area contributed by atoms with E-state index in [1.807, 2.05) is 13.8 Å². The molecule has 2 aliphatic heterocycles. The predicted molar refractivity (Wildman–Crippen MR) is 89.3 cm³/mol. The molecule has 8 nitrogen and oxygen atoms in total. The number of rotatable bonds is 7. The number of sulfone groups is 1. The Morgan fingerprint density at radius 1 is 1.42 bits per heavy atom. The van der Waals surface area contributed by atoms with E-state index in [0.717, 1.165) is 0 Å².